The van der Waals surface area contributed by atoms with Crippen molar-refractivity contribution >= 4 is 40.5 Å². The molecule has 0 aliphatic carbocycles. The number of aromatic amines is 1. The summed E-state index contributed by atoms with van der Waals surface area (Å²) in [6.45, 7) is 1.20. The van der Waals surface area contributed by atoms with Gasteiger partial charge in [-0.25, -0.2) is 9.89 Å². The summed E-state index contributed by atoms with van der Waals surface area (Å²) in [5.41, 5.74) is -0.274. The Bertz CT molecular complexity index is 718. The highest BCUT2D eigenvalue weighted by molar-refractivity contribution is 7.99. The second-order valence-corrected chi connectivity index (χ2v) is 7.53. The van der Waals surface area contributed by atoms with Gasteiger partial charge in [0.1, 0.15) is 0 Å². The van der Waals surface area contributed by atoms with Crippen LogP contribution in [0.3, 0.4) is 0 Å². The van der Waals surface area contributed by atoms with E-state index in [1.54, 1.807) is 12.1 Å². The normalized spacial score (nSPS) is 18.0. The number of ether oxygens (including phenoxy) is 1. The quantitative estimate of drug-likeness (QED) is 0.633. The Morgan fingerprint density at radius 2 is 2.45 bits per heavy atom. The molecule has 1 fully saturated rings. The Kier molecular flexibility index (Phi) is 5.02. The van der Waals surface area contributed by atoms with Crippen LogP contribution in [0.25, 0.3) is 0 Å². The van der Waals surface area contributed by atoms with E-state index in [4.69, 9.17) is 16.3 Å². The zero-order valence-electron chi connectivity index (χ0n) is 11.6. The molecule has 0 spiro atoms. The van der Waals surface area contributed by atoms with E-state index in [0.29, 0.717) is 20.9 Å². The maximum Gasteiger partial charge on any atom is 0.344 e. The summed E-state index contributed by atoms with van der Waals surface area (Å²) in [7, 11) is 0. The maximum atomic E-state index is 12.1. The molecule has 0 unspecified atom stereocenters. The van der Waals surface area contributed by atoms with Crippen LogP contribution in [-0.4, -0.2) is 39.0 Å². The number of hydrogen-bond donors (Lipinski definition) is 1. The fourth-order valence-corrected chi connectivity index (χ4v) is 4.14. The zero-order chi connectivity index (χ0) is 15.5. The summed E-state index contributed by atoms with van der Waals surface area (Å²) in [5, 5.41) is 6.93. The molecule has 1 N–H and O–H groups in total. The highest BCUT2D eigenvalue weighted by Crippen LogP contribution is 2.24. The van der Waals surface area contributed by atoms with Gasteiger partial charge in [0.15, 0.2) is 10.9 Å². The van der Waals surface area contributed by atoms with Crippen molar-refractivity contribution in [3.63, 3.8) is 0 Å². The molecular formula is C13H14ClN3O3S2. The maximum absolute atomic E-state index is 12.1. The van der Waals surface area contributed by atoms with Gasteiger partial charge in [0.25, 0.3) is 0 Å². The van der Waals surface area contributed by atoms with Gasteiger partial charge in [-0.1, -0.05) is 23.4 Å². The highest BCUT2D eigenvalue weighted by Gasteiger charge is 2.20. The Morgan fingerprint density at radius 1 is 1.59 bits per heavy atom. The average molecular weight is 360 g/mol. The number of thiophene rings is 1. The van der Waals surface area contributed by atoms with E-state index < -0.39 is 0 Å². The van der Waals surface area contributed by atoms with Gasteiger partial charge in [0.2, 0.25) is 0 Å². The molecule has 9 heteroatoms. The van der Waals surface area contributed by atoms with E-state index in [1.165, 1.54) is 27.7 Å². The zero-order valence-corrected chi connectivity index (χ0v) is 14.0. The third-order valence-corrected chi connectivity index (χ3v) is 5.56. The molecule has 0 radical (unpaired) electrons. The molecule has 1 aliphatic heterocycles. The Labute approximate surface area is 139 Å². The number of thioether (sulfide) groups is 1. The number of rotatable bonds is 6. The van der Waals surface area contributed by atoms with Crippen LogP contribution in [0, 0.1) is 0 Å². The number of hydrogen-bond acceptors (Lipinski definition) is 6. The predicted octanol–water partition coefficient (Wildman–Crippen LogP) is 2.44. The summed E-state index contributed by atoms with van der Waals surface area (Å²) in [5.74, 6) is 0.188. The van der Waals surface area contributed by atoms with Crippen LogP contribution in [0.4, 0.5) is 0 Å². The average Bonchev–Trinajstić information content (AvgIpc) is 3.22. The summed E-state index contributed by atoms with van der Waals surface area (Å²) in [4.78, 5) is 24.5. The lowest BCUT2D eigenvalue weighted by Gasteiger charge is -2.10. The van der Waals surface area contributed by atoms with Crippen LogP contribution in [-0.2, 0) is 11.3 Å². The number of nitrogens with one attached hydrogen (secondary N) is 1. The van der Waals surface area contributed by atoms with Crippen molar-refractivity contribution in [2.24, 2.45) is 0 Å². The summed E-state index contributed by atoms with van der Waals surface area (Å²) < 4.78 is 7.67. The van der Waals surface area contributed by atoms with Gasteiger partial charge in [0.05, 0.1) is 27.6 Å². The standard InChI is InChI=1S/C13H14ClN3O3S2/c14-11-4-3-10(22-11)9(18)7-21-13-16-15-12(19)17(13)6-8-2-1-5-20-8/h3-4,8H,1-2,5-7H2,(H,15,19)/t8-/m1/s1. The molecule has 1 atom stereocenters. The molecule has 3 heterocycles. The number of H-pyrrole nitrogens is 1. The largest absolute Gasteiger partial charge is 0.376 e. The van der Waals surface area contributed by atoms with Crippen LogP contribution in [0.15, 0.2) is 22.1 Å². The fourth-order valence-electron chi connectivity index (χ4n) is 2.23. The number of carbonyl (C=O) groups excluding carboxylic acids is 1. The van der Waals surface area contributed by atoms with Crippen molar-refractivity contribution in [1.82, 2.24) is 14.8 Å². The first kappa shape index (κ1) is 15.8. The van der Waals surface area contributed by atoms with Gasteiger partial charge in [-0.3, -0.25) is 9.36 Å². The number of carbonyl (C=O) groups is 1. The molecular weight excluding hydrogens is 346 g/mol. The molecule has 1 saturated heterocycles. The topological polar surface area (TPSA) is 77.0 Å². The number of halogens is 1. The van der Waals surface area contributed by atoms with E-state index in [9.17, 15) is 9.59 Å². The van der Waals surface area contributed by atoms with Crippen LogP contribution in [0.1, 0.15) is 22.5 Å². The van der Waals surface area contributed by atoms with Crippen molar-refractivity contribution in [1.29, 1.82) is 0 Å². The lowest BCUT2D eigenvalue weighted by molar-refractivity contribution is 0.0941. The van der Waals surface area contributed by atoms with Crippen LogP contribution < -0.4 is 5.69 Å². The van der Waals surface area contributed by atoms with E-state index >= 15 is 0 Å². The lowest BCUT2D eigenvalue weighted by atomic mass is 10.2. The van der Waals surface area contributed by atoms with Crippen molar-refractivity contribution in [3.05, 3.63) is 31.8 Å². The fraction of sp³-hybridized carbons (Fsp3) is 0.462. The van der Waals surface area contributed by atoms with Gasteiger partial charge in [0, 0.05) is 6.61 Å². The number of aromatic nitrogens is 3. The lowest BCUT2D eigenvalue weighted by Crippen LogP contribution is -2.25. The molecule has 0 bridgehead atoms. The minimum absolute atomic E-state index is 0.0268. The van der Waals surface area contributed by atoms with Gasteiger partial charge >= 0.3 is 5.69 Å². The molecule has 6 nitrogen and oxygen atoms in total. The summed E-state index contributed by atoms with van der Waals surface area (Å²) in [6.07, 6.45) is 1.99. The molecule has 2 aromatic heterocycles. The third-order valence-electron chi connectivity index (χ3n) is 3.31. The minimum atomic E-state index is -0.274. The highest BCUT2D eigenvalue weighted by atomic mass is 35.5. The molecule has 3 rings (SSSR count). The Hall–Kier alpha value is -1.09. The SMILES string of the molecule is O=C(CSc1n[nH]c(=O)n1C[C@H]1CCCO1)c1ccc(Cl)s1. The van der Waals surface area contributed by atoms with E-state index in [1.807, 2.05) is 0 Å². The first-order valence-corrected chi connectivity index (χ1v) is 8.99. The van der Waals surface area contributed by atoms with Gasteiger partial charge < -0.3 is 4.74 Å². The van der Waals surface area contributed by atoms with E-state index in [2.05, 4.69) is 10.2 Å². The molecule has 0 saturated carbocycles. The minimum Gasteiger partial charge on any atom is -0.376 e. The van der Waals surface area contributed by atoms with Gasteiger partial charge in [-0.15, -0.1) is 16.4 Å². The second kappa shape index (κ2) is 6.99. The van der Waals surface area contributed by atoms with E-state index in [0.717, 1.165) is 19.4 Å². The van der Waals surface area contributed by atoms with Gasteiger partial charge in [-0.2, -0.15) is 0 Å². The smallest absolute Gasteiger partial charge is 0.344 e. The third kappa shape index (κ3) is 3.62. The Balaban J connectivity index is 1.65. The monoisotopic (exact) mass is 359 g/mol. The van der Waals surface area contributed by atoms with Crippen molar-refractivity contribution < 1.29 is 9.53 Å². The van der Waals surface area contributed by atoms with Crippen molar-refractivity contribution in [3.8, 4) is 0 Å². The first-order valence-electron chi connectivity index (χ1n) is 6.81. The molecule has 22 heavy (non-hydrogen) atoms. The Morgan fingerprint density at radius 3 is 3.14 bits per heavy atom. The van der Waals surface area contributed by atoms with E-state index in [-0.39, 0.29) is 23.3 Å². The van der Waals surface area contributed by atoms with Crippen LogP contribution in [0.5, 0.6) is 0 Å². The molecule has 0 aromatic carbocycles. The van der Waals surface area contributed by atoms with Gasteiger partial charge in [-0.05, 0) is 25.0 Å². The summed E-state index contributed by atoms with van der Waals surface area (Å²) >= 11 is 8.32. The molecule has 118 valence electrons. The number of nitrogens with zero attached hydrogens (tertiary/aromatic N) is 2. The predicted molar refractivity (Wildman–Crippen MR) is 86.2 cm³/mol. The molecule has 2 aromatic rings. The molecule has 1 aliphatic rings. The molecule has 0 amide bonds. The first-order chi connectivity index (χ1) is 10.6. The van der Waals surface area contributed by atoms with Crippen LogP contribution in [0.2, 0.25) is 4.34 Å². The summed E-state index contributed by atoms with van der Waals surface area (Å²) in [6, 6.07) is 3.41. The van der Waals surface area contributed by atoms with Crippen LogP contribution >= 0.6 is 34.7 Å². The van der Waals surface area contributed by atoms with Crippen molar-refractivity contribution in [2.75, 3.05) is 12.4 Å². The van der Waals surface area contributed by atoms with Crippen molar-refractivity contribution in [2.45, 2.75) is 30.6 Å². The number of Topliss-reactive ketones (excluding diaryl/α,β-unsaturated/α-hetero) is 1. The number of ketones is 1. The second-order valence-electron chi connectivity index (χ2n) is 4.87.